The molecule has 2 heterocycles. The molecule has 0 bridgehead atoms. The minimum atomic E-state index is -0.0199. The number of benzene rings is 1. The Kier molecular flexibility index (Phi) is 6.24. The molecule has 144 valence electrons. The van der Waals surface area contributed by atoms with Gasteiger partial charge in [-0.05, 0) is 12.1 Å². The minimum Gasteiger partial charge on any atom is -0.504 e. The number of hydrogen-bond donors (Lipinski definition) is 2. The van der Waals surface area contributed by atoms with Crippen LogP contribution in [0, 0.1) is 0 Å². The maximum absolute atomic E-state index is 10.2. The summed E-state index contributed by atoms with van der Waals surface area (Å²) in [7, 11) is 2.96. The highest BCUT2D eigenvalue weighted by atomic mass is 79.9. The Balaban J connectivity index is 1.79. The molecule has 1 aromatic carbocycles. The maximum atomic E-state index is 10.2. The van der Waals surface area contributed by atoms with Crippen molar-refractivity contribution in [3.05, 3.63) is 22.2 Å². The number of nitrogens with zero attached hydrogens (tertiary/aromatic N) is 5. The number of ether oxygens (including phenoxy) is 3. The summed E-state index contributed by atoms with van der Waals surface area (Å²) in [4.78, 5) is 14.7. The van der Waals surface area contributed by atoms with E-state index in [1.165, 1.54) is 20.4 Å². The number of morpholine rings is 1. The topological polar surface area (TPSA) is 114 Å². The van der Waals surface area contributed by atoms with Crippen molar-refractivity contribution >= 4 is 34.0 Å². The second-order valence-corrected chi connectivity index (χ2v) is 6.38. The minimum absolute atomic E-state index is 0.0199. The van der Waals surface area contributed by atoms with Crippen LogP contribution in [0.15, 0.2) is 21.7 Å². The van der Waals surface area contributed by atoms with Crippen LogP contribution in [0.4, 0.5) is 11.9 Å². The first-order valence-electron chi connectivity index (χ1n) is 8.09. The summed E-state index contributed by atoms with van der Waals surface area (Å²) in [6, 6.07) is 3.54. The smallest absolute Gasteiger partial charge is 0.322 e. The highest BCUT2D eigenvalue weighted by Crippen LogP contribution is 2.32. The van der Waals surface area contributed by atoms with Crippen molar-refractivity contribution in [2.24, 2.45) is 5.10 Å². The lowest BCUT2D eigenvalue weighted by molar-refractivity contribution is 0.122. The summed E-state index contributed by atoms with van der Waals surface area (Å²) in [6.07, 6.45) is 1.44. The first-order valence-corrected chi connectivity index (χ1v) is 8.88. The lowest BCUT2D eigenvalue weighted by Crippen LogP contribution is -2.37. The Hall–Kier alpha value is -2.66. The van der Waals surface area contributed by atoms with Gasteiger partial charge < -0.3 is 24.2 Å². The molecule has 1 aliphatic rings. The zero-order chi connectivity index (χ0) is 19.2. The van der Waals surface area contributed by atoms with Crippen molar-refractivity contribution in [2.45, 2.75) is 0 Å². The SMILES string of the molecule is COc1nc(NN=Cc2cc(Br)cc(OC)c2O)nc(N2CCOCC2)n1. The monoisotopic (exact) mass is 438 g/mol. The zero-order valence-corrected chi connectivity index (χ0v) is 16.4. The summed E-state index contributed by atoms with van der Waals surface area (Å²) < 4.78 is 16.3. The van der Waals surface area contributed by atoms with E-state index in [4.69, 9.17) is 14.2 Å². The molecule has 1 saturated heterocycles. The Morgan fingerprint density at radius 3 is 2.70 bits per heavy atom. The molecular weight excluding hydrogens is 420 g/mol. The van der Waals surface area contributed by atoms with Crippen LogP contribution >= 0.6 is 15.9 Å². The number of rotatable bonds is 6. The number of hydrogen-bond acceptors (Lipinski definition) is 10. The zero-order valence-electron chi connectivity index (χ0n) is 14.8. The van der Waals surface area contributed by atoms with Gasteiger partial charge in [-0.3, -0.25) is 0 Å². The van der Waals surface area contributed by atoms with E-state index < -0.39 is 0 Å². The largest absolute Gasteiger partial charge is 0.504 e. The van der Waals surface area contributed by atoms with Gasteiger partial charge in [0.1, 0.15) is 0 Å². The van der Waals surface area contributed by atoms with Crippen LogP contribution in [0.3, 0.4) is 0 Å². The maximum Gasteiger partial charge on any atom is 0.322 e. The van der Waals surface area contributed by atoms with Crippen LogP contribution in [0.5, 0.6) is 17.5 Å². The molecule has 1 aromatic heterocycles. The van der Waals surface area contributed by atoms with E-state index in [2.05, 4.69) is 41.4 Å². The fourth-order valence-electron chi connectivity index (χ4n) is 2.40. The molecule has 1 fully saturated rings. The molecule has 0 unspecified atom stereocenters. The number of phenols is 1. The second kappa shape index (κ2) is 8.82. The van der Waals surface area contributed by atoms with Gasteiger partial charge in [0.05, 0.1) is 33.6 Å². The van der Waals surface area contributed by atoms with Gasteiger partial charge >= 0.3 is 6.01 Å². The predicted octanol–water partition coefficient (Wildman–Crippen LogP) is 1.64. The van der Waals surface area contributed by atoms with Crippen molar-refractivity contribution in [1.82, 2.24) is 15.0 Å². The number of phenolic OH excluding ortho intramolecular Hbond substituents is 1. The van der Waals surface area contributed by atoms with Crippen LogP contribution in [0.25, 0.3) is 0 Å². The molecule has 11 heteroatoms. The molecule has 2 N–H and O–H groups in total. The van der Waals surface area contributed by atoms with Crippen molar-refractivity contribution in [1.29, 1.82) is 0 Å². The number of aromatic hydroxyl groups is 1. The summed E-state index contributed by atoms with van der Waals surface area (Å²) >= 11 is 3.36. The summed E-state index contributed by atoms with van der Waals surface area (Å²) in [5.74, 6) is 1.02. The third-order valence-corrected chi connectivity index (χ3v) is 4.19. The molecular formula is C16H19BrN6O4. The number of anilines is 2. The second-order valence-electron chi connectivity index (χ2n) is 5.46. The quantitative estimate of drug-likeness (QED) is 0.512. The third-order valence-electron chi connectivity index (χ3n) is 3.74. The predicted molar refractivity (Wildman–Crippen MR) is 103 cm³/mol. The number of nitrogens with one attached hydrogen (secondary N) is 1. The summed E-state index contributed by atoms with van der Waals surface area (Å²) in [5, 5.41) is 14.3. The van der Waals surface area contributed by atoms with Crippen molar-refractivity contribution in [3.8, 4) is 17.5 Å². The molecule has 1 aliphatic heterocycles. The fourth-order valence-corrected chi connectivity index (χ4v) is 2.85. The van der Waals surface area contributed by atoms with E-state index >= 15 is 0 Å². The molecule has 0 saturated carbocycles. The summed E-state index contributed by atoms with van der Waals surface area (Å²) in [6.45, 7) is 2.58. The van der Waals surface area contributed by atoms with Gasteiger partial charge in [-0.15, -0.1) is 0 Å². The fraction of sp³-hybridized carbons (Fsp3) is 0.375. The average molecular weight is 439 g/mol. The number of hydrazone groups is 1. The van der Waals surface area contributed by atoms with Crippen molar-refractivity contribution < 1.29 is 19.3 Å². The Morgan fingerprint density at radius 2 is 2.00 bits per heavy atom. The van der Waals surface area contributed by atoms with Gasteiger partial charge in [0, 0.05) is 23.1 Å². The van der Waals surface area contributed by atoms with Crippen molar-refractivity contribution in [3.63, 3.8) is 0 Å². The number of aromatic nitrogens is 3. The highest BCUT2D eigenvalue weighted by molar-refractivity contribution is 9.10. The van der Waals surface area contributed by atoms with E-state index in [-0.39, 0.29) is 17.7 Å². The van der Waals surface area contributed by atoms with E-state index in [0.29, 0.717) is 43.6 Å². The van der Waals surface area contributed by atoms with Gasteiger partial charge in [0.15, 0.2) is 11.5 Å². The van der Waals surface area contributed by atoms with Crippen LogP contribution in [0.1, 0.15) is 5.56 Å². The number of halogens is 1. The first kappa shape index (κ1) is 19.1. The van der Waals surface area contributed by atoms with E-state index in [9.17, 15) is 5.11 Å². The standard InChI is InChI=1S/C16H19BrN6O4/c1-25-12-8-11(17)7-10(13(12)24)9-18-22-14-19-15(21-16(20-14)26-2)23-3-5-27-6-4-23/h7-9,24H,3-6H2,1-2H3,(H,19,20,21,22). The molecule has 0 radical (unpaired) electrons. The van der Waals surface area contributed by atoms with Crippen LogP contribution in [-0.2, 0) is 4.74 Å². The third kappa shape index (κ3) is 4.74. The lowest BCUT2D eigenvalue weighted by atomic mass is 10.2. The van der Waals surface area contributed by atoms with Crippen molar-refractivity contribution in [2.75, 3.05) is 50.8 Å². The molecule has 10 nitrogen and oxygen atoms in total. The van der Waals surface area contributed by atoms with E-state index in [0.717, 1.165) is 4.47 Å². The van der Waals surface area contributed by atoms with Crippen LogP contribution < -0.4 is 19.8 Å². The molecule has 27 heavy (non-hydrogen) atoms. The highest BCUT2D eigenvalue weighted by Gasteiger charge is 2.16. The Bertz CT molecular complexity index is 829. The first-order chi connectivity index (χ1) is 13.1. The van der Waals surface area contributed by atoms with Gasteiger partial charge in [-0.25, -0.2) is 5.43 Å². The summed E-state index contributed by atoms with van der Waals surface area (Å²) in [5.41, 5.74) is 3.19. The molecule has 3 rings (SSSR count). The average Bonchev–Trinajstić information content (AvgIpc) is 2.70. The number of methoxy groups -OCH3 is 2. The van der Waals surface area contributed by atoms with E-state index in [1.54, 1.807) is 12.1 Å². The van der Waals surface area contributed by atoms with Gasteiger partial charge in [0.2, 0.25) is 5.95 Å². The van der Waals surface area contributed by atoms with Crippen LogP contribution in [-0.4, -0.2) is 66.8 Å². The van der Waals surface area contributed by atoms with Crippen LogP contribution in [0.2, 0.25) is 0 Å². The molecule has 0 spiro atoms. The Morgan fingerprint density at radius 1 is 1.22 bits per heavy atom. The Labute approximate surface area is 164 Å². The van der Waals surface area contributed by atoms with Gasteiger partial charge in [-0.1, -0.05) is 15.9 Å². The lowest BCUT2D eigenvalue weighted by Gasteiger charge is -2.26. The molecule has 0 amide bonds. The van der Waals surface area contributed by atoms with Gasteiger partial charge in [-0.2, -0.15) is 20.1 Å². The molecule has 0 aliphatic carbocycles. The molecule has 2 aromatic rings. The molecule has 0 atom stereocenters. The normalized spacial score (nSPS) is 14.4. The van der Waals surface area contributed by atoms with Gasteiger partial charge in [0.25, 0.3) is 5.95 Å². The van der Waals surface area contributed by atoms with E-state index in [1.807, 2.05) is 4.90 Å².